The molecule has 0 aliphatic rings. The highest BCUT2D eigenvalue weighted by atomic mass is 32.1. The van der Waals surface area contributed by atoms with Crippen molar-refractivity contribution in [2.24, 2.45) is 5.10 Å². The number of hydrogen-bond acceptors (Lipinski definition) is 6. The van der Waals surface area contributed by atoms with Gasteiger partial charge < -0.3 is 10.4 Å². The van der Waals surface area contributed by atoms with Crippen LogP contribution in [0.3, 0.4) is 0 Å². The topological polar surface area (TPSA) is 128 Å². The Balaban J connectivity index is 1.64. The number of fused-ring (bicyclic) bond motifs is 1. The molecule has 10 heteroatoms. The Morgan fingerprint density at radius 3 is 3.00 bits per heavy atom. The zero-order chi connectivity index (χ0) is 17.8. The third-order valence-electron chi connectivity index (χ3n) is 3.29. The first-order chi connectivity index (χ1) is 12.0. The van der Waals surface area contributed by atoms with Crippen LogP contribution in [0.4, 0.5) is 11.4 Å². The van der Waals surface area contributed by atoms with Gasteiger partial charge in [0.1, 0.15) is 5.75 Å². The summed E-state index contributed by atoms with van der Waals surface area (Å²) in [6.45, 7) is 0. The number of phenolic OH excluding ortho intramolecular Hbond substituents is 1. The molecule has 3 rings (SSSR count). The minimum atomic E-state index is -0.554. The first-order valence-electron chi connectivity index (χ1n) is 7.03. The number of benzene rings is 2. The number of rotatable bonds is 4. The van der Waals surface area contributed by atoms with E-state index in [0.717, 1.165) is 16.6 Å². The highest BCUT2D eigenvalue weighted by Gasteiger charge is 2.08. The highest BCUT2D eigenvalue weighted by molar-refractivity contribution is 7.80. The third-order valence-corrected chi connectivity index (χ3v) is 3.48. The monoisotopic (exact) mass is 356 g/mol. The molecule has 3 aromatic rings. The van der Waals surface area contributed by atoms with Gasteiger partial charge in [-0.1, -0.05) is 0 Å². The lowest BCUT2D eigenvalue weighted by Gasteiger charge is -2.07. The second-order valence-electron chi connectivity index (χ2n) is 5.00. The van der Waals surface area contributed by atoms with E-state index in [2.05, 4.69) is 26.0 Å². The lowest BCUT2D eigenvalue weighted by Crippen LogP contribution is -2.23. The highest BCUT2D eigenvalue weighted by Crippen LogP contribution is 2.21. The summed E-state index contributed by atoms with van der Waals surface area (Å²) in [7, 11) is 0. The Bertz CT molecular complexity index is 984. The van der Waals surface area contributed by atoms with Crippen LogP contribution >= 0.6 is 12.2 Å². The van der Waals surface area contributed by atoms with Crippen molar-refractivity contribution in [3.8, 4) is 5.75 Å². The van der Waals surface area contributed by atoms with Crippen LogP contribution in [-0.2, 0) is 0 Å². The number of aromatic nitrogens is 2. The second kappa shape index (κ2) is 6.93. The van der Waals surface area contributed by atoms with E-state index >= 15 is 0 Å². The number of aromatic amines is 1. The number of non-ortho nitro benzene ring substituents is 1. The number of phenols is 1. The van der Waals surface area contributed by atoms with Crippen LogP contribution in [0.5, 0.6) is 5.75 Å². The molecule has 0 saturated carbocycles. The van der Waals surface area contributed by atoms with E-state index in [1.54, 1.807) is 6.20 Å². The van der Waals surface area contributed by atoms with Crippen molar-refractivity contribution >= 4 is 45.8 Å². The molecule has 9 nitrogen and oxygen atoms in total. The van der Waals surface area contributed by atoms with Crippen LogP contribution in [0.25, 0.3) is 10.9 Å². The van der Waals surface area contributed by atoms with Gasteiger partial charge in [-0.2, -0.15) is 10.2 Å². The maximum atomic E-state index is 10.7. The molecule has 0 spiro atoms. The molecular weight excluding hydrogens is 344 g/mol. The number of hydrazone groups is 1. The van der Waals surface area contributed by atoms with Crippen molar-refractivity contribution in [1.29, 1.82) is 0 Å². The third kappa shape index (κ3) is 3.87. The fourth-order valence-corrected chi connectivity index (χ4v) is 2.26. The van der Waals surface area contributed by atoms with Crippen LogP contribution in [0.1, 0.15) is 5.56 Å². The van der Waals surface area contributed by atoms with Crippen molar-refractivity contribution in [2.45, 2.75) is 0 Å². The summed E-state index contributed by atoms with van der Waals surface area (Å²) < 4.78 is 0. The molecule has 0 bridgehead atoms. The molecule has 4 N–H and O–H groups in total. The number of anilines is 1. The average Bonchev–Trinajstić information content (AvgIpc) is 3.04. The van der Waals surface area contributed by atoms with E-state index in [-0.39, 0.29) is 22.1 Å². The molecule has 0 saturated heterocycles. The number of H-pyrrole nitrogens is 1. The Hall–Kier alpha value is -3.53. The predicted molar refractivity (Wildman–Crippen MR) is 97.8 cm³/mol. The fourth-order valence-electron chi connectivity index (χ4n) is 2.09. The van der Waals surface area contributed by atoms with E-state index in [9.17, 15) is 15.2 Å². The molecule has 1 aromatic heterocycles. The fraction of sp³-hybridized carbons (Fsp3) is 0. The maximum Gasteiger partial charge on any atom is 0.270 e. The van der Waals surface area contributed by atoms with Gasteiger partial charge in [0.15, 0.2) is 5.11 Å². The Labute approximate surface area is 146 Å². The molecule has 0 atom stereocenters. The van der Waals surface area contributed by atoms with Crippen molar-refractivity contribution in [2.75, 3.05) is 5.32 Å². The lowest BCUT2D eigenvalue weighted by molar-refractivity contribution is -0.384. The van der Waals surface area contributed by atoms with E-state index in [1.807, 2.05) is 18.2 Å². The van der Waals surface area contributed by atoms with Crippen LogP contribution < -0.4 is 10.7 Å². The predicted octanol–water partition coefficient (Wildman–Crippen LogP) is 2.50. The van der Waals surface area contributed by atoms with E-state index in [0.29, 0.717) is 0 Å². The Morgan fingerprint density at radius 1 is 1.36 bits per heavy atom. The van der Waals surface area contributed by atoms with Crippen LogP contribution in [0, 0.1) is 10.1 Å². The molecule has 126 valence electrons. The normalized spacial score (nSPS) is 10.9. The number of aromatic hydroxyl groups is 1. The Morgan fingerprint density at radius 2 is 2.20 bits per heavy atom. The maximum absolute atomic E-state index is 10.7. The van der Waals surface area contributed by atoms with Gasteiger partial charge in [-0.3, -0.25) is 20.6 Å². The summed E-state index contributed by atoms with van der Waals surface area (Å²) >= 11 is 5.12. The second-order valence-corrected chi connectivity index (χ2v) is 5.40. The SMILES string of the molecule is O=[N+]([O-])c1ccc(O)c(/C=N/NC(=S)Nc2ccc3cn[nH]c3c2)c1. The van der Waals surface area contributed by atoms with Gasteiger partial charge in [0.05, 0.1) is 22.9 Å². The molecule has 0 fully saturated rings. The van der Waals surface area contributed by atoms with Crippen molar-refractivity contribution in [3.05, 3.63) is 58.3 Å². The number of nitro groups is 1. The summed E-state index contributed by atoms with van der Waals surface area (Å²) in [6.07, 6.45) is 2.96. The van der Waals surface area contributed by atoms with Gasteiger partial charge in [0.2, 0.25) is 0 Å². The minimum Gasteiger partial charge on any atom is -0.507 e. The lowest BCUT2D eigenvalue weighted by atomic mass is 10.2. The molecule has 0 radical (unpaired) electrons. The van der Waals surface area contributed by atoms with E-state index < -0.39 is 4.92 Å². The zero-order valence-electron chi connectivity index (χ0n) is 12.6. The standard InChI is InChI=1S/C15H12N6O3S/c22-14-4-3-12(21(23)24)5-10(14)8-17-20-15(25)18-11-2-1-9-7-16-19-13(9)6-11/h1-8,22H,(H,16,19)(H2,18,20,25)/b17-8+. The summed E-state index contributed by atoms with van der Waals surface area (Å²) in [6, 6.07) is 9.21. The summed E-state index contributed by atoms with van der Waals surface area (Å²) in [5.41, 5.74) is 4.23. The molecule has 0 unspecified atom stereocenters. The summed E-state index contributed by atoms with van der Waals surface area (Å²) in [5, 5.41) is 35.2. The minimum absolute atomic E-state index is 0.125. The molecule has 2 aromatic carbocycles. The Kier molecular flexibility index (Phi) is 4.53. The molecule has 0 aliphatic carbocycles. The smallest absolute Gasteiger partial charge is 0.270 e. The number of hydrogen-bond donors (Lipinski definition) is 4. The summed E-state index contributed by atoms with van der Waals surface area (Å²) in [4.78, 5) is 10.2. The van der Waals surface area contributed by atoms with Gasteiger partial charge >= 0.3 is 0 Å². The van der Waals surface area contributed by atoms with E-state index in [4.69, 9.17) is 12.2 Å². The number of nitrogens with one attached hydrogen (secondary N) is 3. The molecular formula is C15H12N6O3S. The molecule has 0 aliphatic heterocycles. The number of thiocarbonyl (C=S) groups is 1. The summed E-state index contributed by atoms with van der Waals surface area (Å²) in [5.74, 6) is -0.125. The van der Waals surface area contributed by atoms with Crippen molar-refractivity contribution in [3.63, 3.8) is 0 Å². The van der Waals surface area contributed by atoms with Crippen LogP contribution in [-0.4, -0.2) is 31.6 Å². The van der Waals surface area contributed by atoms with Crippen molar-refractivity contribution < 1.29 is 10.0 Å². The van der Waals surface area contributed by atoms with Gasteiger partial charge in [-0.15, -0.1) is 0 Å². The van der Waals surface area contributed by atoms with E-state index in [1.165, 1.54) is 24.4 Å². The molecule has 1 heterocycles. The first kappa shape index (κ1) is 16.3. The quantitative estimate of drug-likeness (QED) is 0.245. The first-order valence-corrected chi connectivity index (χ1v) is 7.44. The number of nitro benzene ring substituents is 1. The molecule has 0 amide bonds. The molecule has 25 heavy (non-hydrogen) atoms. The van der Waals surface area contributed by atoms with Gasteiger partial charge in [0, 0.05) is 28.8 Å². The largest absolute Gasteiger partial charge is 0.507 e. The van der Waals surface area contributed by atoms with Gasteiger partial charge in [-0.25, -0.2) is 0 Å². The van der Waals surface area contributed by atoms with Crippen LogP contribution in [0.15, 0.2) is 47.7 Å². The number of nitrogens with zero attached hydrogens (tertiary/aromatic N) is 3. The van der Waals surface area contributed by atoms with Crippen molar-refractivity contribution in [1.82, 2.24) is 15.6 Å². The van der Waals surface area contributed by atoms with Gasteiger partial charge in [0.25, 0.3) is 5.69 Å². The van der Waals surface area contributed by atoms with Crippen LogP contribution in [0.2, 0.25) is 0 Å². The van der Waals surface area contributed by atoms with Gasteiger partial charge in [-0.05, 0) is 36.5 Å². The average molecular weight is 356 g/mol. The zero-order valence-corrected chi connectivity index (χ0v) is 13.4.